The van der Waals surface area contributed by atoms with E-state index in [1.807, 2.05) is 0 Å². The van der Waals surface area contributed by atoms with Crippen molar-refractivity contribution in [3.05, 3.63) is 0 Å². The zero-order valence-electron chi connectivity index (χ0n) is 11.0. The maximum absolute atomic E-state index is 11.7. The number of halogens is 2. The van der Waals surface area contributed by atoms with Crippen LogP contribution in [0.4, 0.5) is 19.2 Å². The van der Waals surface area contributed by atoms with Gasteiger partial charge in [-0.15, -0.1) is 0 Å². The van der Waals surface area contributed by atoms with Gasteiger partial charge in [0.15, 0.2) is 0 Å². The number of aliphatic hydroxyl groups is 2. The summed E-state index contributed by atoms with van der Waals surface area (Å²) in [6.07, 6.45) is -5.92. The average molecular weight is 494 g/mol. The van der Waals surface area contributed by atoms with E-state index in [1.54, 1.807) is 0 Å². The minimum Gasteiger partial charge on any atom is -0.378 e. The lowest BCUT2D eigenvalue weighted by atomic mass is 9.76. The van der Waals surface area contributed by atoms with Gasteiger partial charge in [-0.3, -0.25) is 0 Å². The number of rotatable bonds is 2. The summed E-state index contributed by atoms with van der Waals surface area (Å²) in [5, 5.41) is 20.6. The molecule has 25 heavy (non-hydrogen) atoms. The summed E-state index contributed by atoms with van der Waals surface area (Å²) in [5.74, 6) is -6.17. The Bertz CT molecular complexity index is 677. The normalized spacial score (nSPS) is 29.0. The fourth-order valence-corrected chi connectivity index (χ4v) is 4.78. The van der Waals surface area contributed by atoms with Crippen molar-refractivity contribution in [2.75, 3.05) is 0 Å². The largest absolute Gasteiger partial charge is 0.520 e. The first-order chi connectivity index (χ1) is 11.4. The van der Waals surface area contributed by atoms with Crippen molar-refractivity contribution in [3.8, 4) is 0 Å². The van der Waals surface area contributed by atoms with Gasteiger partial charge < -0.3 is 48.1 Å². The summed E-state index contributed by atoms with van der Waals surface area (Å²) < 4.78 is 30.8. The average Bonchev–Trinajstić information content (AvgIpc) is 2.31. The van der Waals surface area contributed by atoms with Gasteiger partial charge in [0, 0.05) is 15.9 Å². The second-order valence-corrected chi connectivity index (χ2v) is 6.95. The summed E-state index contributed by atoms with van der Waals surface area (Å²) in [5.41, 5.74) is -3.16. The molecule has 0 aromatic carbocycles. The molecule has 4 heterocycles. The van der Waals surface area contributed by atoms with E-state index in [4.69, 9.17) is 0 Å². The molecule has 4 aliphatic rings. The zero-order valence-corrected chi connectivity index (χ0v) is 14.2. The molecule has 0 bridgehead atoms. The quantitative estimate of drug-likeness (QED) is 0.227. The molecule has 4 rings (SSSR count). The van der Waals surface area contributed by atoms with E-state index in [1.165, 1.54) is 0 Å². The fraction of sp³-hybridized carbons (Fsp3) is 0.556. The van der Waals surface area contributed by atoms with Crippen molar-refractivity contribution in [1.82, 2.24) is 0 Å². The number of carbonyl (C=O) groups excluding carboxylic acids is 4. The van der Waals surface area contributed by atoms with Crippen molar-refractivity contribution in [1.29, 1.82) is 0 Å². The van der Waals surface area contributed by atoms with Crippen LogP contribution in [0.15, 0.2) is 0 Å². The van der Waals surface area contributed by atoms with Crippen molar-refractivity contribution < 1.29 is 67.3 Å². The summed E-state index contributed by atoms with van der Waals surface area (Å²) in [6, 6.07) is 0. The van der Waals surface area contributed by atoms with Gasteiger partial charge in [-0.1, -0.05) is 0 Å². The maximum atomic E-state index is 11.7. The van der Waals surface area contributed by atoms with Gasteiger partial charge in [-0.25, -0.2) is 19.2 Å². The van der Waals surface area contributed by atoms with Gasteiger partial charge in [-0.05, 0) is 15.9 Å². The van der Waals surface area contributed by atoms with E-state index < -0.39 is 51.4 Å². The highest BCUT2D eigenvalue weighted by molar-refractivity contribution is 9.10. The Kier molecular flexibility index (Phi) is 2.76. The Morgan fingerprint density at radius 2 is 0.960 bits per heavy atom. The lowest BCUT2D eigenvalue weighted by Gasteiger charge is -2.63. The number of alkyl halides is 2. The highest BCUT2D eigenvalue weighted by atomic mass is 79.9. The fourth-order valence-electron chi connectivity index (χ4n) is 2.74. The molecular formula is C9H2Br2O14. The standard InChI is InChI=1S/C9H2Br2O14/c10-6(16,17)5(7(11)18-1(12)19-7)8(20-2(13)21-8)24-4(15)25-9(5)22-3(14)23-9/h16-17H. The second-order valence-electron chi connectivity index (χ2n) is 4.80. The molecule has 0 atom stereocenters. The molecule has 0 aliphatic carbocycles. The topological polar surface area (TPSA) is 183 Å². The molecule has 4 aliphatic heterocycles. The minimum absolute atomic E-state index is 1.36. The third-order valence-corrected chi connectivity index (χ3v) is 5.09. The molecule has 4 saturated heterocycles. The predicted octanol–water partition coefficient (Wildman–Crippen LogP) is 0.0296. The van der Waals surface area contributed by atoms with Crippen LogP contribution in [-0.2, 0) is 37.9 Å². The van der Waals surface area contributed by atoms with Crippen LogP contribution in [0.1, 0.15) is 0 Å². The molecule has 0 amide bonds. The SMILES string of the molecule is O=C1OC(Br)(C2(C(O)(O)Br)C3(OC(=O)O3)OC(=O)OC23OC(=O)O3)O1. The van der Waals surface area contributed by atoms with Gasteiger partial charge in [0.05, 0.1) is 0 Å². The van der Waals surface area contributed by atoms with E-state index in [-0.39, 0.29) is 0 Å². The Labute approximate surface area is 151 Å². The van der Waals surface area contributed by atoms with Crippen molar-refractivity contribution >= 4 is 56.5 Å². The lowest BCUT2D eigenvalue weighted by molar-refractivity contribution is -0.608. The van der Waals surface area contributed by atoms with Crippen molar-refractivity contribution in [3.63, 3.8) is 0 Å². The molecule has 0 radical (unpaired) electrons. The molecule has 14 nitrogen and oxygen atoms in total. The number of ether oxygens (including phenoxy) is 8. The first-order valence-corrected chi connectivity index (χ1v) is 7.49. The van der Waals surface area contributed by atoms with Crippen LogP contribution >= 0.6 is 31.9 Å². The first kappa shape index (κ1) is 16.4. The molecule has 16 heteroatoms. The lowest BCUT2D eigenvalue weighted by Crippen LogP contribution is -2.91. The molecule has 2 N–H and O–H groups in total. The molecule has 136 valence electrons. The number of hydrogen-bond donors (Lipinski definition) is 2. The van der Waals surface area contributed by atoms with Gasteiger partial charge in [0.2, 0.25) is 0 Å². The minimum atomic E-state index is -3.42. The highest BCUT2D eigenvalue weighted by Gasteiger charge is 3.03. The van der Waals surface area contributed by atoms with Gasteiger partial charge in [0.25, 0.3) is 4.70 Å². The number of cyclic esters (lactones) is 2. The van der Waals surface area contributed by atoms with E-state index in [0.717, 1.165) is 0 Å². The molecule has 0 aromatic heterocycles. The third kappa shape index (κ3) is 1.60. The van der Waals surface area contributed by atoms with Gasteiger partial charge in [0.1, 0.15) is 0 Å². The van der Waals surface area contributed by atoms with Crippen LogP contribution in [0, 0.1) is 5.41 Å². The Balaban J connectivity index is 1.98. The Morgan fingerprint density at radius 3 is 1.20 bits per heavy atom. The first-order valence-electron chi connectivity index (χ1n) is 5.91. The molecule has 2 spiro atoms. The Morgan fingerprint density at radius 1 is 0.680 bits per heavy atom. The molecule has 4 fully saturated rings. The van der Waals surface area contributed by atoms with Gasteiger partial charge >= 0.3 is 46.7 Å². The summed E-state index contributed by atoms with van der Waals surface area (Å²) in [4.78, 5) is 45.2. The van der Waals surface area contributed by atoms with E-state index in [0.29, 0.717) is 0 Å². The third-order valence-electron chi connectivity index (χ3n) is 3.58. The second kappa shape index (κ2) is 4.19. The number of hydrogen-bond acceptors (Lipinski definition) is 14. The highest BCUT2D eigenvalue weighted by Crippen LogP contribution is 2.72. The summed E-state index contributed by atoms with van der Waals surface area (Å²) in [6.45, 7) is 0. The predicted molar refractivity (Wildman–Crippen MR) is 65.9 cm³/mol. The van der Waals surface area contributed by atoms with Crippen LogP contribution in [0.5, 0.6) is 0 Å². The summed E-state index contributed by atoms with van der Waals surface area (Å²) in [7, 11) is 0. The van der Waals surface area contributed by atoms with Crippen LogP contribution in [-0.4, -0.2) is 56.2 Å². The van der Waals surface area contributed by atoms with E-state index >= 15 is 0 Å². The van der Waals surface area contributed by atoms with Crippen LogP contribution in [0.3, 0.4) is 0 Å². The molecular weight excluding hydrogens is 492 g/mol. The smallest absolute Gasteiger partial charge is 0.378 e. The monoisotopic (exact) mass is 492 g/mol. The molecule has 0 saturated carbocycles. The zero-order chi connectivity index (χ0) is 18.5. The van der Waals surface area contributed by atoms with Crippen molar-refractivity contribution in [2.24, 2.45) is 5.41 Å². The van der Waals surface area contributed by atoms with Crippen LogP contribution < -0.4 is 0 Å². The van der Waals surface area contributed by atoms with Gasteiger partial charge in [-0.2, -0.15) is 0 Å². The van der Waals surface area contributed by atoms with Crippen LogP contribution in [0.25, 0.3) is 0 Å². The van der Waals surface area contributed by atoms with Crippen LogP contribution in [0.2, 0.25) is 0 Å². The molecule has 0 aromatic rings. The van der Waals surface area contributed by atoms with Crippen molar-refractivity contribution in [2.45, 2.75) is 21.3 Å². The maximum Gasteiger partial charge on any atom is 0.520 e. The number of carbonyl (C=O) groups is 4. The van der Waals surface area contributed by atoms with E-state index in [2.05, 4.69) is 69.8 Å². The van der Waals surface area contributed by atoms with E-state index in [9.17, 15) is 29.4 Å². The molecule has 0 unspecified atom stereocenters. The summed E-state index contributed by atoms with van der Waals surface area (Å²) >= 11 is 5.08. The Hall–Kier alpha value is -2.04.